The Hall–Kier alpha value is -3.09. The molecular formula is C31H30F2IN3O3S. The van der Waals surface area contributed by atoms with Crippen molar-refractivity contribution in [3.05, 3.63) is 85.8 Å². The minimum Gasteiger partial charge on any atom is -0.496 e. The van der Waals surface area contributed by atoms with Crippen LogP contribution in [0.5, 0.6) is 5.75 Å². The van der Waals surface area contributed by atoms with Crippen molar-refractivity contribution in [1.82, 2.24) is 10.2 Å². The minimum absolute atomic E-state index is 0.0500. The summed E-state index contributed by atoms with van der Waals surface area (Å²) in [5.74, 6) is -1.20. The maximum Gasteiger partial charge on any atom is 0.265 e. The largest absolute Gasteiger partial charge is 0.496 e. The molecule has 0 aliphatic heterocycles. The first-order chi connectivity index (χ1) is 19.7. The van der Waals surface area contributed by atoms with Gasteiger partial charge >= 0.3 is 0 Å². The van der Waals surface area contributed by atoms with Crippen LogP contribution < -0.4 is 15.8 Å². The molecule has 1 saturated carbocycles. The summed E-state index contributed by atoms with van der Waals surface area (Å²) in [7, 11) is 3.54. The summed E-state index contributed by atoms with van der Waals surface area (Å²) in [6.45, 7) is 0.263. The van der Waals surface area contributed by atoms with Gasteiger partial charge < -0.3 is 20.7 Å². The normalized spacial score (nSPS) is 17.0. The number of hydrogen-bond acceptors (Lipinski definition) is 5. The third kappa shape index (κ3) is 5.96. The topological polar surface area (TPSA) is 84.7 Å². The maximum absolute atomic E-state index is 14.7. The van der Waals surface area contributed by atoms with E-state index in [-0.39, 0.29) is 28.6 Å². The molecule has 1 aromatic heterocycles. The van der Waals surface area contributed by atoms with Gasteiger partial charge in [0.05, 0.1) is 11.8 Å². The molecular weight excluding hydrogens is 659 g/mol. The van der Waals surface area contributed by atoms with Crippen molar-refractivity contribution in [2.75, 3.05) is 14.2 Å². The molecule has 41 heavy (non-hydrogen) atoms. The van der Waals surface area contributed by atoms with E-state index in [1.807, 2.05) is 64.9 Å². The summed E-state index contributed by atoms with van der Waals surface area (Å²) in [5, 5.41) is 3.48. The highest BCUT2D eigenvalue weighted by atomic mass is 127. The van der Waals surface area contributed by atoms with Crippen LogP contribution in [-0.2, 0) is 6.54 Å². The number of benzene rings is 3. The molecule has 214 valence electrons. The fourth-order valence-electron chi connectivity index (χ4n) is 5.50. The molecule has 0 bridgehead atoms. The van der Waals surface area contributed by atoms with Gasteiger partial charge in [0.1, 0.15) is 22.3 Å². The van der Waals surface area contributed by atoms with Gasteiger partial charge in [-0.05, 0) is 103 Å². The number of thiophene rings is 1. The number of nitrogens with zero attached hydrogens (tertiary/aromatic N) is 1. The van der Waals surface area contributed by atoms with E-state index < -0.39 is 17.5 Å². The quantitative estimate of drug-likeness (QED) is 0.201. The van der Waals surface area contributed by atoms with Gasteiger partial charge in [-0.15, -0.1) is 11.3 Å². The van der Waals surface area contributed by atoms with Gasteiger partial charge in [-0.25, -0.2) is 8.78 Å². The van der Waals surface area contributed by atoms with Crippen LogP contribution >= 0.6 is 33.9 Å². The molecule has 3 N–H and O–H groups in total. The van der Waals surface area contributed by atoms with Crippen LogP contribution in [0.3, 0.4) is 0 Å². The van der Waals surface area contributed by atoms with Crippen LogP contribution in [0, 0.1) is 15.2 Å². The number of halogens is 3. The zero-order valence-corrected chi connectivity index (χ0v) is 25.7. The van der Waals surface area contributed by atoms with Crippen molar-refractivity contribution in [2.24, 2.45) is 5.73 Å². The number of amides is 2. The fourth-order valence-corrected chi connectivity index (χ4v) is 7.84. The average Bonchev–Trinajstić information content (AvgIpc) is 3.35. The second kappa shape index (κ2) is 12.4. The summed E-state index contributed by atoms with van der Waals surface area (Å²) in [6.07, 6.45) is 3.44. The van der Waals surface area contributed by atoms with Gasteiger partial charge in [0.15, 0.2) is 0 Å². The van der Waals surface area contributed by atoms with Gasteiger partial charge in [0.2, 0.25) is 5.91 Å². The lowest BCUT2D eigenvalue weighted by Crippen LogP contribution is -2.44. The smallest absolute Gasteiger partial charge is 0.265 e. The maximum atomic E-state index is 14.7. The molecule has 5 rings (SSSR count). The van der Waals surface area contributed by atoms with Crippen molar-refractivity contribution in [1.29, 1.82) is 0 Å². The lowest BCUT2D eigenvalue weighted by Gasteiger charge is -2.37. The van der Waals surface area contributed by atoms with Gasteiger partial charge in [0.25, 0.3) is 5.91 Å². The molecule has 1 aliphatic rings. The van der Waals surface area contributed by atoms with E-state index in [1.165, 1.54) is 0 Å². The lowest BCUT2D eigenvalue weighted by molar-refractivity contribution is 0.0603. The number of nitrogens with one attached hydrogen (secondary N) is 1. The van der Waals surface area contributed by atoms with Crippen LogP contribution in [0.2, 0.25) is 0 Å². The lowest BCUT2D eigenvalue weighted by atomic mass is 9.89. The number of methoxy groups -OCH3 is 1. The minimum atomic E-state index is -0.543. The van der Waals surface area contributed by atoms with E-state index in [0.29, 0.717) is 25.8 Å². The average molecular weight is 690 g/mol. The van der Waals surface area contributed by atoms with E-state index in [9.17, 15) is 18.4 Å². The first-order valence-corrected chi connectivity index (χ1v) is 15.2. The van der Waals surface area contributed by atoms with Crippen molar-refractivity contribution in [3.63, 3.8) is 0 Å². The highest BCUT2D eigenvalue weighted by Crippen LogP contribution is 2.38. The van der Waals surface area contributed by atoms with Gasteiger partial charge in [0, 0.05) is 38.7 Å². The molecule has 0 saturated heterocycles. The SMILES string of the molecule is CNC1CCC(N(Cc2cc(-c3ccc(C(N)=O)cc3)ccc2OC)C(=O)c2sc3c(F)ccc(F)c3c2I)CC1. The van der Waals surface area contributed by atoms with Crippen LogP contribution in [0.15, 0.2) is 54.6 Å². The van der Waals surface area contributed by atoms with E-state index in [2.05, 4.69) is 5.32 Å². The molecule has 0 atom stereocenters. The fraction of sp³-hybridized carbons (Fsp3) is 0.290. The molecule has 0 radical (unpaired) electrons. The molecule has 0 unspecified atom stereocenters. The summed E-state index contributed by atoms with van der Waals surface area (Å²) >= 11 is 2.96. The number of rotatable bonds is 8. The monoisotopic (exact) mass is 689 g/mol. The molecule has 3 aromatic carbocycles. The Labute approximate surface area is 255 Å². The second-order valence-electron chi connectivity index (χ2n) is 10.2. The van der Waals surface area contributed by atoms with Crippen LogP contribution in [0.4, 0.5) is 8.78 Å². The molecule has 6 nitrogen and oxygen atoms in total. The second-order valence-corrected chi connectivity index (χ2v) is 12.3. The molecule has 2 amide bonds. The molecule has 4 aromatic rings. The summed E-state index contributed by atoms with van der Waals surface area (Å²) in [4.78, 5) is 27.9. The zero-order valence-electron chi connectivity index (χ0n) is 22.7. The van der Waals surface area contributed by atoms with Crippen LogP contribution in [-0.4, -0.2) is 43.0 Å². The van der Waals surface area contributed by atoms with Crippen molar-refractivity contribution in [2.45, 2.75) is 44.3 Å². The first kappa shape index (κ1) is 29.4. The number of carbonyl (C=O) groups is 2. The first-order valence-electron chi connectivity index (χ1n) is 13.3. The van der Waals surface area contributed by atoms with Crippen LogP contribution in [0.1, 0.15) is 51.3 Å². The Kier molecular flexibility index (Phi) is 8.91. The van der Waals surface area contributed by atoms with Gasteiger partial charge in [-0.3, -0.25) is 9.59 Å². The summed E-state index contributed by atoms with van der Waals surface area (Å²) in [5.41, 5.74) is 8.40. The molecule has 1 heterocycles. The van der Waals surface area contributed by atoms with Gasteiger partial charge in [-0.2, -0.15) is 0 Å². The van der Waals surface area contributed by atoms with Crippen molar-refractivity contribution in [3.8, 4) is 16.9 Å². The molecule has 1 aliphatic carbocycles. The van der Waals surface area contributed by atoms with E-state index in [4.69, 9.17) is 10.5 Å². The number of hydrogen-bond donors (Lipinski definition) is 2. The van der Waals surface area contributed by atoms with E-state index >= 15 is 0 Å². The van der Waals surface area contributed by atoms with Crippen LogP contribution in [0.25, 0.3) is 21.2 Å². The van der Waals surface area contributed by atoms with Gasteiger partial charge in [-0.1, -0.05) is 18.2 Å². The standard InChI is InChI=1S/C31H30F2IN3O3S/c1-36-21-8-10-22(11-9-21)37(31(39)29-27(34)26-23(32)12-13-24(33)28(26)41-29)16-20-15-19(7-14-25(20)40-2)17-3-5-18(6-4-17)30(35)38/h3-7,12-15,21-22,36H,8-11,16H2,1-2H3,(H2,35,38). The third-order valence-corrected chi connectivity index (χ3v) is 10.4. The number of fused-ring (bicyclic) bond motifs is 1. The Morgan fingerprint density at radius 1 is 1.02 bits per heavy atom. The summed E-state index contributed by atoms with van der Waals surface area (Å²) in [6, 6.07) is 15.3. The third-order valence-electron chi connectivity index (χ3n) is 7.81. The van der Waals surface area contributed by atoms with E-state index in [1.54, 1.807) is 19.2 Å². The Morgan fingerprint density at radius 2 is 1.68 bits per heavy atom. The summed E-state index contributed by atoms with van der Waals surface area (Å²) < 4.78 is 35.6. The zero-order chi connectivity index (χ0) is 29.3. The molecule has 10 heteroatoms. The molecule has 1 fully saturated rings. The Bertz CT molecular complexity index is 1600. The predicted octanol–water partition coefficient (Wildman–Crippen LogP) is 6.73. The number of carbonyl (C=O) groups excluding carboxylic acids is 2. The number of nitrogens with two attached hydrogens (primary N) is 1. The number of primary amides is 1. The van der Waals surface area contributed by atoms with Crippen molar-refractivity contribution >= 4 is 55.8 Å². The number of ether oxygens (including phenoxy) is 1. The van der Waals surface area contributed by atoms with Crippen molar-refractivity contribution < 1.29 is 23.1 Å². The highest BCUT2D eigenvalue weighted by molar-refractivity contribution is 14.1. The van der Waals surface area contributed by atoms with E-state index in [0.717, 1.165) is 65.8 Å². The highest BCUT2D eigenvalue weighted by Gasteiger charge is 2.33. The Morgan fingerprint density at radius 3 is 2.29 bits per heavy atom. The Balaban J connectivity index is 1.54. The molecule has 0 spiro atoms. The predicted molar refractivity (Wildman–Crippen MR) is 166 cm³/mol.